The molecule has 238 valence electrons. The molecule has 0 N–H and O–H groups in total. The molecule has 0 fully saturated rings. The molecule has 0 saturated heterocycles. The van der Waals surface area contributed by atoms with Crippen molar-refractivity contribution in [1.82, 2.24) is 15.0 Å². The molecule has 0 amide bonds. The molecule has 0 atom stereocenters. The summed E-state index contributed by atoms with van der Waals surface area (Å²) < 4.78 is 48.2. The van der Waals surface area contributed by atoms with Crippen LogP contribution in [0.5, 0.6) is 0 Å². The second kappa shape index (κ2) is 11.9. The number of benzene rings is 8. The van der Waals surface area contributed by atoms with E-state index in [2.05, 4.69) is 54.6 Å². The lowest BCUT2D eigenvalue weighted by atomic mass is 9.93. The van der Waals surface area contributed by atoms with Crippen LogP contribution in [0.3, 0.4) is 0 Å². The van der Waals surface area contributed by atoms with Gasteiger partial charge in [0.1, 0.15) is 11.2 Å². The van der Waals surface area contributed by atoms with Crippen LogP contribution in [0, 0.1) is 0 Å². The van der Waals surface area contributed by atoms with Gasteiger partial charge in [-0.15, -0.1) is 0 Å². The molecule has 4 nitrogen and oxygen atoms in total. The predicted molar refractivity (Wildman–Crippen MR) is 209 cm³/mol. The van der Waals surface area contributed by atoms with Crippen LogP contribution in [0.25, 0.3) is 99.9 Å². The number of para-hydroxylation sites is 1. The van der Waals surface area contributed by atoms with Crippen molar-refractivity contribution in [3.05, 3.63) is 176 Å². The molecule has 2 aromatic heterocycles. The second-order valence-corrected chi connectivity index (χ2v) is 12.4. The van der Waals surface area contributed by atoms with Crippen molar-refractivity contribution in [3.63, 3.8) is 0 Å². The number of hydrogen-bond donors (Lipinski definition) is 0. The molecule has 2 heterocycles. The van der Waals surface area contributed by atoms with E-state index in [4.69, 9.17) is 26.2 Å². The normalized spacial score (nSPS) is 12.9. The zero-order valence-electron chi connectivity index (χ0n) is 32.1. The van der Waals surface area contributed by atoms with E-state index in [-0.39, 0.29) is 41.4 Å². The second-order valence-electron chi connectivity index (χ2n) is 12.4. The van der Waals surface area contributed by atoms with Crippen LogP contribution in [0.1, 0.15) is 6.85 Å². The van der Waals surface area contributed by atoms with E-state index in [1.807, 2.05) is 78.9 Å². The summed E-state index contributed by atoms with van der Waals surface area (Å²) in [5, 5.41) is 5.21. The Labute approximate surface area is 301 Å². The van der Waals surface area contributed by atoms with Crippen molar-refractivity contribution in [2.75, 3.05) is 0 Å². The summed E-state index contributed by atoms with van der Waals surface area (Å²) in [7, 11) is 0. The highest BCUT2D eigenvalue weighted by atomic mass is 16.3. The highest BCUT2D eigenvalue weighted by molar-refractivity contribution is 6.12. The fourth-order valence-corrected chi connectivity index (χ4v) is 6.93. The van der Waals surface area contributed by atoms with Crippen molar-refractivity contribution in [2.24, 2.45) is 0 Å². The van der Waals surface area contributed by atoms with E-state index in [0.717, 1.165) is 54.9 Å². The molecule has 10 aromatic rings. The molecule has 0 radical (unpaired) electrons. The summed E-state index contributed by atoms with van der Waals surface area (Å²) in [6.07, 6.45) is 0. The van der Waals surface area contributed by atoms with Crippen LogP contribution in [-0.4, -0.2) is 15.0 Å². The standard InChI is InChI=1S/C47H29N3O/c1-2-12-33(13-3-1)45-48-46(35-26-21-30-11-4-5-14-34(30)29-35)50-47(49-45)40-28-27-36(38-15-6-7-16-39(38)40)31-22-24-32(25-23-31)37-18-10-20-43-44(37)41-17-8-9-19-42(41)51-43/h1-29H/i8D,9D,18D,19D,20D. The maximum absolute atomic E-state index is 8.89. The molecule has 0 spiro atoms. The van der Waals surface area contributed by atoms with Crippen LogP contribution >= 0.6 is 0 Å². The van der Waals surface area contributed by atoms with Gasteiger partial charge in [-0.25, -0.2) is 15.0 Å². The van der Waals surface area contributed by atoms with Gasteiger partial charge in [0, 0.05) is 27.5 Å². The lowest BCUT2D eigenvalue weighted by Crippen LogP contribution is -2.00. The Morgan fingerprint density at radius 1 is 0.392 bits per heavy atom. The van der Waals surface area contributed by atoms with Gasteiger partial charge in [0.15, 0.2) is 17.5 Å². The Kier molecular flexibility index (Phi) is 5.66. The van der Waals surface area contributed by atoms with Crippen molar-refractivity contribution in [2.45, 2.75) is 0 Å². The molecule has 10 rings (SSSR count). The average molecular weight is 657 g/mol. The van der Waals surface area contributed by atoms with Crippen molar-refractivity contribution in [1.29, 1.82) is 0 Å². The lowest BCUT2D eigenvalue weighted by Gasteiger charge is -2.14. The van der Waals surface area contributed by atoms with Crippen LogP contribution in [-0.2, 0) is 0 Å². The van der Waals surface area contributed by atoms with Gasteiger partial charge in [0.05, 0.1) is 6.85 Å². The zero-order valence-corrected chi connectivity index (χ0v) is 27.1. The Morgan fingerprint density at radius 3 is 1.86 bits per heavy atom. The van der Waals surface area contributed by atoms with Crippen molar-refractivity contribution < 1.29 is 11.3 Å². The van der Waals surface area contributed by atoms with Crippen LogP contribution in [0.4, 0.5) is 0 Å². The first-order valence-electron chi connectivity index (χ1n) is 19.2. The first-order valence-corrected chi connectivity index (χ1v) is 16.7. The number of nitrogens with zero attached hydrogens (tertiary/aromatic N) is 3. The van der Waals surface area contributed by atoms with Crippen molar-refractivity contribution >= 4 is 43.5 Å². The predicted octanol–water partition coefficient (Wildman–Crippen LogP) is 12.4. The van der Waals surface area contributed by atoms with Crippen LogP contribution < -0.4 is 0 Å². The Morgan fingerprint density at radius 2 is 1.04 bits per heavy atom. The first kappa shape index (κ1) is 24.3. The minimum Gasteiger partial charge on any atom is -0.456 e. The Balaban J connectivity index is 1.10. The molecule has 0 saturated carbocycles. The van der Waals surface area contributed by atoms with E-state index in [9.17, 15) is 0 Å². The lowest BCUT2D eigenvalue weighted by molar-refractivity contribution is 0.669. The van der Waals surface area contributed by atoms with Crippen molar-refractivity contribution in [3.8, 4) is 56.4 Å². The summed E-state index contributed by atoms with van der Waals surface area (Å²) >= 11 is 0. The molecular formula is C47H29N3O. The highest BCUT2D eigenvalue weighted by Gasteiger charge is 2.17. The fraction of sp³-hybridized carbons (Fsp3) is 0. The summed E-state index contributed by atoms with van der Waals surface area (Å²) in [6.45, 7) is 0. The third kappa shape index (κ3) is 5.04. The Bertz CT molecular complexity index is 3200. The van der Waals surface area contributed by atoms with Gasteiger partial charge in [0.25, 0.3) is 0 Å². The minimum atomic E-state index is -0.240. The van der Waals surface area contributed by atoms with Gasteiger partial charge in [-0.1, -0.05) is 152 Å². The maximum Gasteiger partial charge on any atom is 0.164 e. The summed E-state index contributed by atoms with van der Waals surface area (Å²) in [5.41, 5.74) is 6.31. The number of fused-ring (bicyclic) bond motifs is 5. The Hall–Kier alpha value is -6.91. The monoisotopic (exact) mass is 656 g/mol. The first-order chi connectivity index (χ1) is 27.3. The molecule has 0 aliphatic carbocycles. The smallest absolute Gasteiger partial charge is 0.164 e. The van der Waals surface area contributed by atoms with E-state index >= 15 is 0 Å². The van der Waals surface area contributed by atoms with Crippen LogP contribution in [0.15, 0.2) is 180 Å². The topological polar surface area (TPSA) is 51.8 Å². The van der Waals surface area contributed by atoms with Gasteiger partial charge < -0.3 is 4.42 Å². The SMILES string of the molecule is [2H]c1cc2c(oc3c([2H])cc([2H])c(-c4ccc(-c5ccc(-c6nc(-c7ccccc7)nc(-c7ccc8ccccc8c7)n6)c6ccccc56)cc4)c32)c([2H])c1[2H]. The number of hydrogen-bond acceptors (Lipinski definition) is 4. The molecular weight excluding hydrogens is 623 g/mol. The summed E-state index contributed by atoms with van der Waals surface area (Å²) in [4.78, 5) is 15.1. The van der Waals surface area contributed by atoms with Gasteiger partial charge in [0.2, 0.25) is 0 Å². The maximum atomic E-state index is 8.89. The third-order valence-corrected chi connectivity index (χ3v) is 9.40. The fourth-order valence-electron chi connectivity index (χ4n) is 6.93. The highest BCUT2D eigenvalue weighted by Crippen LogP contribution is 2.39. The zero-order chi connectivity index (χ0) is 38.1. The minimum absolute atomic E-state index is 0.0176. The van der Waals surface area contributed by atoms with E-state index in [1.165, 1.54) is 12.1 Å². The molecule has 8 aromatic carbocycles. The quantitative estimate of drug-likeness (QED) is 0.185. The van der Waals surface area contributed by atoms with Gasteiger partial charge in [-0.2, -0.15) is 0 Å². The molecule has 0 aliphatic heterocycles. The molecule has 0 unspecified atom stereocenters. The molecule has 0 bridgehead atoms. The number of furan rings is 1. The van der Waals surface area contributed by atoms with Gasteiger partial charge >= 0.3 is 0 Å². The van der Waals surface area contributed by atoms with E-state index in [0.29, 0.717) is 33.8 Å². The summed E-state index contributed by atoms with van der Waals surface area (Å²) in [6, 6.07) is 47.3. The van der Waals surface area contributed by atoms with Crippen LogP contribution in [0.2, 0.25) is 0 Å². The largest absolute Gasteiger partial charge is 0.456 e. The van der Waals surface area contributed by atoms with Gasteiger partial charge in [-0.05, 0) is 68.0 Å². The van der Waals surface area contributed by atoms with E-state index in [1.54, 1.807) is 0 Å². The van der Waals surface area contributed by atoms with E-state index < -0.39 is 0 Å². The molecule has 4 heteroatoms. The summed E-state index contributed by atoms with van der Waals surface area (Å²) in [5.74, 6) is 1.75. The third-order valence-electron chi connectivity index (χ3n) is 9.40. The number of aromatic nitrogens is 3. The molecule has 0 aliphatic rings. The average Bonchev–Trinajstić information content (AvgIpc) is 3.62. The molecule has 51 heavy (non-hydrogen) atoms. The number of rotatable bonds is 5. The van der Waals surface area contributed by atoms with Gasteiger partial charge in [-0.3, -0.25) is 0 Å².